The maximum absolute atomic E-state index is 5.65. The molecule has 0 bridgehead atoms. The van der Waals surface area contributed by atoms with E-state index in [2.05, 4.69) is 10.5 Å². The monoisotopic (exact) mass is 225 g/mol. The first kappa shape index (κ1) is 10.6. The predicted octanol–water partition coefficient (Wildman–Crippen LogP) is 1.02. The summed E-state index contributed by atoms with van der Waals surface area (Å²) in [7, 11) is 1.58. The minimum atomic E-state index is 0.251. The Morgan fingerprint density at radius 2 is 2.31 bits per heavy atom. The molecule has 0 aromatic rings. The summed E-state index contributed by atoms with van der Waals surface area (Å²) in [5.74, 6) is 0. The van der Waals surface area contributed by atoms with Gasteiger partial charge in [-0.1, -0.05) is 28.5 Å². The van der Waals surface area contributed by atoms with Gasteiger partial charge in [0.2, 0.25) is 0 Å². The molecule has 1 aliphatic rings. The van der Waals surface area contributed by atoms with Crippen molar-refractivity contribution in [3.63, 3.8) is 0 Å². The van der Waals surface area contributed by atoms with E-state index >= 15 is 0 Å². The molecule has 1 rings (SSSR count). The van der Waals surface area contributed by atoms with Crippen LogP contribution in [0.4, 0.5) is 0 Å². The van der Waals surface area contributed by atoms with Crippen molar-refractivity contribution in [3.05, 3.63) is 11.2 Å². The molecule has 0 aliphatic carbocycles. The van der Waals surface area contributed by atoms with Crippen LogP contribution in [0.15, 0.2) is 16.3 Å². The molecule has 0 unspecified atom stereocenters. The van der Waals surface area contributed by atoms with Gasteiger partial charge in [-0.05, 0) is 0 Å². The van der Waals surface area contributed by atoms with Crippen LogP contribution in [0.2, 0.25) is 0 Å². The van der Waals surface area contributed by atoms with Gasteiger partial charge in [0.1, 0.15) is 11.8 Å². The van der Waals surface area contributed by atoms with E-state index in [0.29, 0.717) is 18.4 Å². The molecule has 0 saturated heterocycles. The molecule has 0 spiro atoms. The topological polar surface area (TPSA) is 46.1 Å². The van der Waals surface area contributed by atoms with Crippen molar-refractivity contribution < 1.29 is 9.57 Å². The summed E-state index contributed by atoms with van der Waals surface area (Å²) in [6.07, 6.45) is 1.47. The van der Waals surface area contributed by atoms with Gasteiger partial charge in [-0.15, -0.1) is 5.10 Å². The number of nitrogens with zero attached hydrogens (tertiary/aromatic N) is 2. The Balaban J connectivity index is 2.33. The van der Waals surface area contributed by atoms with Crippen LogP contribution in [-0.4, -0.2) is 30.8 Å². The predicted molar refractivity (Wildman–Crippen MR) is 50.0 cm³/mol. The van der Waals surface area contributed by atoms with Crippen LogP contribution in [0.25, 0.3) is 0 Å². The lowest BCUT2D eigenvalue weighted by Gasteiger charge is -2.21. The quantitative estimate of drug-likeness (QED) is 0.574. The standard InChI is InChI=1S/C6H9Cl2N3O2/c1-12-2-3-13-11-9-5(7)4-6(8)10-11/h4,9H,2-3H2,1H3. The number of hydrogen-bond acceptors (Lipinski definition) is 5. The zero-order valence-corrected chi connectivity index (χ0v) is 8.47. The molecule has 13 heavy (non-hydrogen) atoms. The summed E-state index contributed by atoms with van der Waals surface area (Å²) in [4.78, 5) is 5.06. The van der Waals surface area contributed by atoms with Crippen molar-refractivity contribution in [2.75, 3.05) is 20.3 Å². The maximum Gasteiger partial charge on any atom is 0.156 e. The Labute approximate surface area is 85.8 Å². The average Bonchev–Trinajstić information content (AvgIpc) is 2.03. The number of hydrazine groups is 1. The second kappa shape index (κ2) is 5.29. The second-order valence-electron chi connectivity index (χ2n) is 2.13. The van der Waals surface area contributed by atoms with Crippen molar-refractivity contribution in [3.8, 4) is 0 Å². The van der Waals surface area contributed by atoms with Crippen molar-refractivity contribution in [1.29, 1.82) is 0 Å². The fraction of sp³-hybridized carbons (Fsp3) is 0.500. The van der Waals surface area contributed by atoms with Crippen LogP contribution < -0.4 is 5.43 Å². The number of hydrogen-bond donors (Lipinski definition) is 1. The van der Waals surface area contributed by atoms with Gasteiger partial charge in [0.25, 0.3) is 0 Å². The minimum absolute atomic E-state index is 0.251. The molecular weight excluding hydrogens is 217 g/mol. The third kappa shape index (κ3) is 3.82. The lowest BCUT2D eigenvalue weighted by atomic mass is 10.6. The molecule has 0 atom stereocenters. The Kier molecular flexibility index (Phi) is 4.31. The largest absolute Gasteiger partial charge is 0.382 e. The first-order valence-electron chi connectivity index (χ1n) is 3.52. The highest BCUT2D eigenvalue weighted by molar-refractivity contribution is 6.69. The SMILES string of the molecule is COCCON1N=C(Cl)C=C(Cl)N1. The highest BCUT2D eigenvalue weighted by Crippen LogP contribution is 2.08. The van der Waals surface area contributed by atoms with E-state index in [-0.39, 0.29) is 5.17 Å². The molecule has 0 fully saturated rings. The molecular formula is C6H9Cl2N3O2. The minimum Gasteiger partial charge on any atom is -0.382 e. The number of methoxy groups -OCH3 is 1. The average molecular weight is 226 g/mol. The van der Waals surface area contributed by atoms with Crippen LogP contribution in [0.1, 0.15) is 0 Å². The van der Waals surface area contributed by atoms with E-state index < -0.39 is 0 Å². The van der Waals surface area contributed by atoms with Crippen LogP contribution in [-0.2, 0) is 9.57 Å². The summed E-state index contributed by atoms with van der Waals surface area (Å²) in [6.45, 7) is 0.827. The van der Waals surface area contributed by atoms with E-state index in [1.54, 1.807) is 7.11 Å². The third-order valence-corrected chi connectivity index (χ3v) is 1.51. The summed E-state index contributed by atoms with van der Waals surface area (Å²) in [6, 6.07) is 0. The first-order chi connectivity index (χ1) is 6.22. The maximum atomic E-state index is 5.65. The molecule has 0 aromatic heterocycles. The van der Waals surface area contributed by atoms with Crippen LogP contribution >= 0.6 is 23.2 Å². The van der Waals surface area contributed by atoms with Gasteiger partial charge in [-0.3, -0.25) is 0 Å². The Hall–Kier alpha value is -0.490. The normalized spacial score (nSPS) is 16.4. The van der Waals surface area contributed by atoms with Crippen LogP contribution in [0.3, 0.4) is 0 Å². The van der Waals surface area contributed by atoms with E-state index in [0.717, 1.165) is 5.28 Å². The zero-order chi connectivity index (χ0) is 9.68. The summed E-state index contributed by atoms with van der Waals surface area (Å²) >= 11 is 11.3. The van der Waals surface area contributed by atoms with Gasteiger partial charge in [-0.25, -0.2) is 10.3 Å². The van der Waals surface area contributed by atoms with E-state index in [1.165, 1.54) is 6.08 Å². The fourth-order valence-electron chi connectivity index (χ4n) is 0.637. The van der Waals surface area contributed by atoms with Crippen molar-refractivity contribution in [1.82, 2.24) is 10.7 Å². The molecule has 74 valence electrons. The third-order valence-electron chi connectivity index (χ3n) is 1.14. The van der Waals surface area contributed by atoms with Crippen molar-refractivity contribution in [2.45, 2.75) is 0 Å². The van der Waals surface area contributed by atoms with Gasteiger partial charge in [0.05, 0.1) is 6.61 Å². The summed E-state index contributed by atoms with van der Waals surface area (Å²) < 4.78 is 4.78. The van der Waals surface area contributed by atoms with E-state index in [4.69, 9.17) is 32.8 Å². The zero-order valence-electron chi connectivity index (χ0n) is 6.96. The summed E-state index contributed by atoms with van der Waals surface area (Å²) in [5, 5.41) is 5.45. The van der Waals surface area contributed by atoms with Crippen LogP contribution in [0.5, 0.6) is 0 Å². The van der Waals surface area contributed by atoms with E-state index in [9.17, 15) is 0 Å². The Morgan fingerprint density at radius 3 is 2.92 bits per heavy atom. The number of rotatable bonds is 4. The Bertz CT molecular complexity index is 232. The number of halogens is 2. The summed E-state index contributed by atoms with van der Waals surface area (Å²) in [5.41, 5.74) is 2.62. The fourth-order valence-corrected chi connectivity index (χ4v) is 1.05. The number of allylic oxidation sites excluding steroid dienone is 1. The van der Waals surface area contributed by atoms with Gasteiger partial charge in [0, 0.05) is 13.2 Å². The highest BCUT2D eigenvalue weighted by Gasteiger charge is 2.09. The molecule has 0 aromatic carbocycles. The van der Waals surface area contributed by atoms with Crippen LogP contribution in [0, 0.1) is 0 Å². The van der Waals surface area contributed by atoms with Crippen molar-refractivity contribution in [2.24, 2.45) is 5.10 Å². The lowest BCUT2D eigenvalue weighted by Crippen LogP contribution is -2.35. The highest BCUT2D eigenvalue weighted by atomic mass is 35.5. The smallest absolute Gasteiger partial charge is 0.156 e. The number of hydrazone groups is 1. The van der Waals surface area contributed by atoms with Gasteiger partial charge < -0.3 is 4.74 Å². The molecule has 0 amide bonds. The molecule has 1 aliphatic heterocycles. The molecule has 1 N–H and O–H groups in total. The van der Waals surface area contributed by atoms with Gasteiger partial charge in [-0.2, -0.15) is 0 Å². The van der Waals surface area contributed by atoms with Gasteiger partial charge in [0.15, 0.2) is 5.17 Å². The lowest BCUT2D eigenvalue weighted by molar-refractivity contribution is -0.195. The molecule has 0 saturated carbocycles. The molecule has 7 heteroatoms. The number of nitrogens with one attached hydrogen (secondary N) is 1. The molecule has 5 nitrogen and oxygen atoms in total. The first-order valence-corrected chi connectivity index (χ1v) is 4.28. The molecule has 0 radical (unpaired) electrons. The number of ether oxygens (including phenoxy) is 1. The molecule has 1 heterocycles. The Morgan fingerprint density at radius 1 is 1.54 bits per heavy atom. The van der Waals surface area contributed by atoms with E-state index in [1.807, 2.05) is 0 Å². The van der Waals surface area contributed by atoms with Gasteiger partial charge >= 0.3 is 0 Å². The van der Waals surface area contributed by atoms with Crippen molar-refractivity contribution >= 4 is 28.4 Å². The second-order valence-corrected chi connectivity index (χ2v) is 2.92.